The maximum Gasteiger partial charge on any atom is 0.118 e. The van der Waals surface area contributed by atoms with E-state index < -0.39 is 0 Å². The van der Waals surface area contributed by atoms with Crippen molar-refractivity contribution in [2.75, 3.05) is 0 Å². The lowest BCUT2D eigenvalue weighted by molar-refractivity contribution is 0.170. The monoisotopic (exact) mass is 166 g/mol. The highest BCUT2D eigenvalue weighted by Gasteiger charge is 2.05. The van der Waals surface area contributed by atoms with Crippen molar-refractivity contribution < 1.29 is 10.2 Å². The minimum Gasteiger partial charge on any atom is -0.508 e. The second-order valence-electron chi connectivity index (χ2n) is 2.89. The number of para-hydroxylation sites is 1. The van der Waals surface area contributed by atoms with Crippen LogP contribution in [0.15, 0.2) is 24.3 Å². The van der Waals surface area contributed by atoms with Crippen LogP contribution in [-0.4, -0.2) is 16.3 Å². The summed E-state index contributed by atoms with van der Waals surface area (Å²) >= 11 is 0. The van der Waals surface area contributed by atoms with Gasteiger partial charge in [0, 0.05) is 6.42 Å². The van der Waals surface area contributed by atoms with Crippen molar-refractivity contribution in [1.29, 1.82) is 0 Å². The van der Waals surface area contributed by atoms with E-state index in [0.717, 1.165) is 5.56 Å². The molecule has 0 spiro atoms. The summed E-state index contributed by atoms with van der Waals surface area (Å²) in [5, 5.41) is 18.7. The third-order valence-corrected chi connectivity index (χ3v) is 1.92. The summed E-state index contributed by atoms with van der Waals surface area (Å²) in [7, 11) is 0. The van der Waals surface area contributed by atoms with Crippen molar-refractivity contribution >= 4 is 0 Å². The van der Waals surface area contributed by atoms with Crippen molar-refractivity contribution in [3.05, 3.63) is 29.8 Å². The lowest BCUT2D eigenvalue weighted by Gasteiger charge is -2.08. The first kappa shape index (κ1) is 9.07. The van der Waals surface area contributed by atoms with Crippen LogP contribution in [0.2, 0.25) is 0 Å². The molecule has 2 heteroatoms. The minimum absolute atomic E-state index is 0.269. The van der Waals surface area contributed by atoms with Crippen molar-refractivity contribution in [3.63, 3.8) is 0 Å². The van der Waals surface area contributed by atoms with Crippen LogP contribution in [0.3, 0.4) is 0 Å². The molecule has 0 amide bonds. The van der Waals surface area contributed by atoms with Gasteiger partial charge in [0.25, 0.3) is 0 Å². The minimum atomic E-state index is -0.349. The van der Waals surface area contributed by atoms with E-state index >= 15 is 0 Å². The smallest absolute Gasteiger partial charge is 0.118 e. The summed E-state index contributed by atoms with van der Waals surface area (Å²) in [6.07, 6.45) is 0.899. The molecule has 0 aliphatic carbocycles. The highest BCUT2D eigenvalue weighted by molar-refractivity contribution is 5.32. The number of rotatable bonds is 3. The molecule has 1 aromatic rings. The Morgan fingerprint density at radius 3 is 2.58 bits per heavy atom. The Labute approximate surface area is 72.5 Å². The fourth-order valence-electron chi connectivity index (χ4n) is 1.08. The van der Waals surface area contributed by atoms with Crippen molar-refractivity contribution in [3.8, 4) is 5.75 Å². The van der Waals surface area contributed by atoms with Crippen molar-refractivity contribution in [1.82, 2.24) is 0 Å². The Bertz CT molecular complexity index is 245. The van der Waals surface area contributed by atoms with Crippen molar-refractivity contribution in [2.45, 2.75) is 25.9 Å². The van der Waals surface area contributed by atoms with E-state index in [1.807, 2.05) is 19.1 Å². The molecule has 2 nitrogen and oxygen atoms in total. The molecule has 66 valence electrons. The van der Waals surface area contributed by atoms with Crippen LogP contribution in [-0.2, 0) is 6.42 Å². The van der Waals surface area contributed by atoms with Crippen molar-refractivity contribution in [2.24, 2.45) is 0 Å². The molecule has 0 radical (unpaired) electrons. The van der Waals surface area contributed by atoms with E-state index in [0.29, 0.717) is 12.8 Å². The lowest BCUT2D eigenvalue weighted by Crippen LogP contribution is -2.08. The highest BCUT2D eigenvalue weighted by Crippen LogP contribution is 2.17. The molecule has 2 N–H and O–H groups in total. The molecular weight excluding hydrogens is 152 g/mol. The van der Waals surface area contributed by atoms with Gasteiger partial charge in [0.15, 0.2) is 0 Å². The van der Waals surface area contributed by atoms with Gasteiger partial charge in [-0.15, -0.1) is 0 Å². The summed E-state index contributed by atoms with van der Waals surface area (Å²) in [6.45, 7) is 1.92. The number of hydrogen-bond acceptors (Lipinski definition) is 2. The topological polar surface area (TPSA) is 40.5 Å². The van der Waals surface area contributed by atoms with Gasteiger partial charge in [-0.25, -0.2) is 0 Å². The summed E-state index contributed by atoms with van der Waals surface area (Å²) in [4.78, 5) is 0. The zero-order chi connectivity index (χ0) is 8.97. The van der Waals surface area contributed by atoms with Crippen LogP contribution >= 0.6 is 0 Å². The molecule has 0 aliphatic heterocycles. The Kier molecular flexibility index (Phi) is 3.11. The lowest BCUT2D eigenvalue weighted by atomic mass is 10.1. The van der Waals surface area contributed by atoms with Gasteiger partial charge >= 0.3 is 0 Å². The number of phenols is 1. The molecule has 1 rings (SSSR count). The Hall–Kier alpha value is -1.02. The molecular formula is C10H14O2. The van der Waals surface area contributed by atoms with Crippen LogP contribution in [0, 0.1) is 0 Å². The Morgan fingerprint density at radius 2 is 2.00 bits per heavy atom. The number of aromatic hydroxyl groups is 1. The van der Waals surface area contributed by atoms with Gasteiger partial charge in [-0.05, 0) is 18.1 Å². The van der Waals surface area contributed by atoms with Crippen LogP contribution in [0.5, 0.6) is 5.75 Å². The molecule has 0 aromatic heterocycles. The third kappa shape index (κ3) is 2.24. The standard InChI is InChI=1S/C10H14O2/c1-2-9(11)7-8-5-3-4-6-10(8)12/h3-6,9,11-12H,2,7H2,1H3. The Balaban J connectivity index is 2.69. The maximum absolute atomic E-state index is 9.34. The molecule has 0 saturated heterocycles. The van der Waals surface area contributed by atoms with Gasteiger partial charge in [-0.1, -0.05) is 25.1 Å². The zero-order valence-electron chi connectivity index (χ0n) is 7.20. The molecule has 12 heavy (non-hydrogen) atoms. The maximum atomic E-state index is 9.34. The summed E-state index contributed by atoms with van der Waals surface area (Å²) < 4.78 is 0. The van der Waals surface area contributed by atoms with Gasteiger partial charge in [-0.2, -0.15) is 0 Å². The van der Waals surface area contributed by atoms with Crippen LogP contribution in [0.25, 0.3) is 0 Å². The second-order valence-corrected chi connectivity index (χ2v) is 2.89. The molecule has 0 fully saturated rings. The summed E-state index contributed by atoms with van der Waals surface area (Å²) in [6, 6.07) is 7.10. The first-order valence-corrected chi connectivity index (χ1v) is 4.19. The predicted molar refractivity (Wildman–Crippen MR) is 48.1 cm³/mol. The number of benzene rings is 1. The first-order valence-electron chi connectivity index (χ1n) is 4.19. The molecule has 1 atom stereocenters. The second kappa shape index (κ2) is 4.12. The number of hydrogen-bond donors (Lipinski definition) is 2. The van der Waals surface area contributed by atoms with Gasteiger partial charge in [0.05, 0.1) is 6.10 Å². The average molecular weight is 166 g/mol. The first-order chi connectivity index (χ1) is 5.74. The Morgan fingerprint density at radius 1 is 1.33 bits per heavy atom. The van der Waals surface area contributed by atoms with Crippen LogP contribution in [0.1, 0.15) is 18.9 Å². The summed E-state index contributed by atoms with van der Waals surface area (Å²) in [5.74, 6) is 0.269. The van der Waals surface area contributed by atoms with E-state index in [2.05, 4.69) is 0 Å². The van der Waals surface area contributed by atoms with E-state index in [9.17, 15) is 10.2 Å². The highest BCUT2D eigenvalue weighted by atomic mass is 16.3. The zero-order valence-corrected chi connectivity index (χ0v) is 7.20. The van der Waals surface area contributed by atoms with E-state index in [4.69, 9.17) is 0 Å². The van der Waals surface area contributed by atoms with E-state index in [1.54, 1.807) is 12.1 Å². The quantitative estimate of drug-likeness (QED) is 0.717. The molecule has 0 heterocycles. The fourth-order valence-corrected chi connectivity index (χ4v) is 1.08. The molecule has 0 saturated carbocycles. The normalized spacial score (nSPS) is 12.8. The van der Waals surface area contributed by atoms with Gasteiger partial charge in [0.2, 0.25) is 0 Å². The molecule has 0 aliphatic rings. The van der Waals surface area contributed by atoms with Crippen LogP contribution in [0.4, 0.5) is 0 Å². The summed E-state index contributed by atoms with van der Waals surface area (Å²) in [5.41, 5.74) is 0.812. The largest absolute Gasteiger partial charge is 0.508 e. The van der Waals surface area contributed by atoms with E-state index in [1.165, 1.54) is 0 Å². The predicted octanol–water partition coefficient (Wildman–Crippen LogP) is 1.71. The number of aliphatic hydroxyl groups excluding tert-OH is 1. The SMILES string of the molecule is CCC(O)Cc1ccccc1O. The molecule has 1 unspecified atom stereocenters. The van der Waals surface area contributed by atoms with Crippen LogP contribution < -0.4 is 0 Å². The fraction of sp³-hybridized carbons (Fsp3) is 0.400. The number of aliphatic hydroxyl groups is 1. The van der Waals surface area contributed by atoms with Gasteiger partial charge < -0.3 is 10.2 Å². The number of phenolic OH excluding ortho intramolecular Hbond substituents is 1. The van der Waals surface area contributed by atoms with E-state index in [-0.39, 0.29) is 11.9 Å². The molecule has 0 bridgehead atoms. The average Bonchev–Trinajstić information content (AvgIpc) is 2.09. The molecule has 1 aromatic carbocycles. The van der Waals surface area contributed by atoms with Gasteiger partial charge in [-0.3, -0.25) is 0 Å². The third-order valence-electron chi connectivity index (χ3n) is 1.92. The van der Waals surface area contributed by atoms with Gasteiger partial charge in [0.1, 0.15) is 5.75 Å².